The van der Waals surface area contributed by atoms with Gasteiger partial charge in [0.1, 0.15) is 17.3 Å². The molecule has 1 fully saturated rings. The van der Waals surface area contributed by atoms with Crippen LogP contribution >= 0.6 is 0 Å². The van der Waals surface area contributed by atoms with Gasteiger partial charge in [0.15, 0.2) is 0 Å². The molecule has 132 valence electrons. The van der Waals surface area contributed by atoms with E-state index < -0.39 is 0 Å². The average molecular weight is 342 g/mol. The number of rotatable bonds is 5. The second-order valence-corrected chi connectivity index (χ2v) is 6.40. The zero-order valence-corrected chi connectivity index (χ0v) is 14.4. The Bertz CT molecular complexity index is 716. The number of piperidine rings is 1. The molecular weight excluding hydrogens is 319 g/mol. The van der Waals surface area contributed by atoms with Gasteiger partial charge in [-0.15, -0.1) is 0 Å². The van der Waals surface area contributed by atoms with Crippen molar-refractivity contribution >= 4 is 5.91 Å². The van der Waals surface area contributed by atoms with Crippen LogP contribution in [0.15, 0.2) is 48.5 Å². The number of likely N-dealkylation sites (tertiary alicyclic amines) is 1. The summed E-state index contributed by atoms with van der Waals surface area (Å²) in [6.45, 7) is 2.53. The third-order valence-corrected chi connectivity index (χ3v) is 4.43. The first kappa shape index (κ1) is 17.4. The van der Waals surface area contributed by atoms with Crippen molar-refractivity contribution in [2.75, 3.05) is 26.7 Å². The highest BCUT2D eigenvalue weighted by Crippen LogP contribution is 2.23. The maximum absolute atomic E-state index is 13.2. The number of halogens is 1. The summed E-state index contributed by atoms with van der Waals surface area (Å²) in [6.07, 6.45) is 2.20. The van der Waals surface area contributed by atoms with Crippen LogP contribution in [0.25, 0.3) is 0 Å². The van der Waals surface area contributed by atoms with E-state index in [-0.39, 0.29) is 11.7 Å². The van der Waals surface area contributed by atoms with E-state index in [1.54, 1.807) is 36.4 Å². The van der Waals surface area contributed by atoms with Gasteiger partial charge in [0.2, 0.25) is 0 Å². The summed E-state index contributed by atoms with van der Waals surface area (Å²) in [6, 6.07) is 13.0. The number of carbonyl (C=O) groups is 1. The van der Waals surface area contributed by atoms with Crippen LogP contribution in [-0.4, -0.2) is 37.5 Å². The number of nitrogens with one attached hydrogen (secondary N) is 1. The molecule has 1 aliphatic heterocycles. The topological polar surface area (TPSA) is 41.6 Å². The summed E-state index contributed by atoms with van der Waals surface area (Å²) in [5, 5.41) is 3.19. The fraction of sp³-hybridized carbons (Fsp3) is 0.350. The van der Waals surface area contributed by atoms with E-state index in [4.69, 9.17) is 4.74 Å². The van der Waals surface area contributed by atoms with Crippen molar-refractivity contribution < 1.29 is 13.9 Å². The highest BCUT2D eigenvalue weighted by Gasteiger charge is 2.24. The van der Waals surface area contributed by atoms with Crippen LogP contribution in [0.1, 0.15) is 23.2 Å². The summed E-state index contributed by atoms with van der Waals surface area (Å²) in [7, 11) is 1.94. The Morgan fingerprint density at radius 2 is 2.04 bits per heavy atom. The number of hydrogen-bond donors (Lipinski definition) is 1. The third-order valence-electron chi connectivity index (χ3n) is 4.43. The standard InChI is InChI=1S/C20H23FN2O2/c1-22-13-15-4-3-11-23(14-15)20(24)16-7-9-18(10-8-16)25-19-6-2-5-17(21)12-19/h2,5-10,12,15,22H,3-4,11,13-14H2,1H3/t15-/m0/s1. The largest absolute Gasteiger partial charge is 0.457 e. The lowest BCUT2D eigenvalue weighted by Crippen LogP contribution is -2.42. The van der Waals surface area contributed by atoms with E-state index >= 15 is 0 Å². The molecule has 0 radical (unpaired) electrons. The zero-order valence-electron chi connectivity index (χ0n) is 14.4. The molecule has 0 unspecified atom stereocenters. The molecule has 2 aromatic carbocycles. The molecule has 0 spiro atoms. The molecule has 1 amide bonds. The summed E-state index contributed by atoms with van der Waals surface area (Å²) in [5.74, 6) is 1.24. The van der Waals surface area contributed by atoms with Crippen LogP contribution in [-0.2, 0) is 0 Å². The molecule has 1 atom stereocenters. The fourth-order valence-electron chi connectivity index (χ4n) is 3.22. The van der Waals surface area contributed by atoms with Crippen LogP contribution in [0.2, 0.25) is 0 Å². The van der Waals surface area contributed by atoms with Crippen molar-refractivity contribution in [1.29, 1.82) is 0 Å². The van der Waals surface area contributed by atoms with E-state index in [1.807, 2.05) is 11.9 Å². The molecule has 1 saturated heterocycles. The van der Waals surface area contributed by atoms with Gasteiger partial charge in [-0.05, 0) is 68.8 Å². The summed E-state index contributed by atoms with van der Waals surface area (Å²) < 4.78 is 18.8. The number of ether oxygens (including phenoxy) is 1. The highest BCUT2D eigenvalue weighted by atomic mass is 19.1. The van der Waals surface area contributed by atoms with Crippen molar-refractivity contribution in [3.63, 3.8) is 0 Å². The van der Waals surface area contributed by atoms with Crippen LogP contribution < -0.4 is 10.1 Å². The van der Waals surface area contributed by atoms with Gasteiger partial charge in [-0.3, -0.25) is 4.79 Å². The normalized spacial score (nSPS) is 17.4. The first-order chi connectivity index (χ1) is 12.2. The second kappa shape index (κ2) is 8.12. The molecule has 5 heteroatoms. The summed E-state index contributed by atoms with van der Waals surface area (Å²) >= 11 is 0. The maximum Gasteiger partial charge on any atom is 0.253 e. The monoisotopic (exact) mass is 342 g/mol. The Labute approximate surface area is 147 Å². The molecule has 4 nitrogen and oxygen atoms in total. The Kier molecular flexibility index (Phi) is 5.66. The van der Waals surface area contributed by atoms with Gasteiger partial charge < -0.3 is 15.0 Å². The number of amides is 1. The highest BCUT2D eigenvalue weighted by molar-refractivity contribution is 5.94. The van der Waals surface area contributed by atoms with E-state index in [0.717, 1.165) is 32.5 Å². The van der Waals surface area contributed by atoms with Crippen LogP contribution in [0.4, 0.5) is 4.39 Å². The lowest BCUT2D eigenvalue weighted by atomic mass is 9.97. The minimum atomic E-state index is -0.342. The van der Waals surface area contributed by atoms with Gasteiger partial charge >= 0.3 is 0 Å². The van der Waals surface area contributed by atoms with Crippen LogP contribution in [0, 0.1) is 11.7 Å². The number of benzene rings is 2. The quantitative estimate of drug-likeness (QED) is 0.901. The van der Waals surface area contributed by atoms with E-state index in [9.17, 15) is 9.18 Å². The molecule has 2 aromatic rings. The van der Waals surface area contributed by atoms with Crippen LogP contribution in [0.5, 0.6) is 11.5 Å². The first-order valence-corrected chi connectivity index (χ1v) is 8.63. The zero-order chi connectivity index (χ0) is 17.6. The predicted octanol–water partition coefficient (Wildman–Crippen LogP) is 3.69. The smallest absolute Gasteiger partial charge is 0.253 e. The molecule has 0 aromatic heterocycles. The molecular formula is C20H23FN2O2. The minimum Gasteiger partial charge on any atom is -0.457 e. The third kappa shape index (κ3) is 4.57. The van der Waals surface area contributed by atoms with Gasteiger partial charge in [-0.25, -0.2) is 4.39 Å². The van der Waals surface area contributed by atoms with E-state index in [0.29, 0.717) is 23.0 Å². The molecule has 3 rings (SSSR count). The molecule has 0 bridgehead atoms. The van der Waals surface area contributed by atoms with Crippen molar-refractivity contribution in [3.05, 3.63) is 59.9 Å². The maximum atomic E-state index is 13.2. The van der Waals surface area contributed by atoms with Gasteiger partial charge in [0.25, 0.3) is 5.91 Å². The summed E-state index contributed by atoms with van der Waals surface area (Å²) in [5.41, 5.74) is 0.650. The molecule has 0 aliphatic carbocycles. The molecule has 1 N–H and O–H groups in total. The summed E-state index contributed by atoms with van der Waals surface area (Å²) in [4.78, 5) is 14.6. The molecule has 1 aliphatic rings. The Balaban J connectivity index is 1.64. The average Bonchev–Trinajstić information content (AvgIpc) is 2.62. The molecule has 1 heterocycles. The Morgan fingerprint density at radius 1 is 1.24 bits per heavy atom. The van der Waals surface area contributed by atoms with Crippen LogP contribution in [0.3, 0.4) is 0 Å². The number of nitrogens with zero attached hydrogens (tertiary/aromatic N) is 1. The van der Waals surface area contributed by atoms with Gasteiger partial charge in [0.05, 0.1) is 0 Å². The van der Waals surface area contributed by atoms with Gasteiger partial charge in [-0.2, -0.15) is 0 Å². The van der Waals surface area contributed by atoms with Crippen molar-refractivity contribution in [3.8, 4) is 11.5 Å². The van der Waals surface area contributed by atoms with Gasteiger partial charge in [-0.1, -0.05) is 6.07 Å². The predicted molar refractivity (Wildman–Crippen MR) is 95.5 cm³/mol. The Hall–Kier alpha value is -2.40. The van der Waals surface area contributed by atoms with Gasteiger partial charge in [0, 0.05) is 24.7 Å². The molecule has 25 heavy (non-hydrogen) atoms. The fourth-order valence-corrected chi connectivity index (χ4v) is 3.22. The minimum absolute atomic E-state index is 0.0538. The van der Waals surface area contributed by atoms with E-state index in [2.05, 4.69) is 5.32 Å². The van der Waals surface area contributed by atoms with E-state index in [1.165, 1.54) is 12.1 Å². The molecule has 0 saturated carbocycles. The second-order valence-electron chi connectivity index (χ2n) is 6.40. The first-order valence-electron chi connectivity index (χ1n) is 8.63. The lowest BCUT2D eigenvalue weighted by molar-refractivity contribution is 0.0674. The number of carbonyl (C=O) groups excluding carboxylic acids is 1. The SMILES string of the molecule is CNC[C@@H]1CCCN(C(=O)c2ccc(Oc3cccc(F)c3)cc2)C1. The van der Waals surface area contributed by atoms with Crippen molar-refractivity contribution in [2.24, 2.45) is 5.92 Å². The lowest BCUT2D eigenvalue weighted by Gasteiger charge is -2.32. The number of hydrogen-bond acceptors (Lipinski definition) is 3. The van der Waals surface area contributed by atoms with Crippen molar-refractivity contribution in [1.82, 2.24) is 10.2 Å². The van der Waals surface area contributed by atoms with Crippen molar-refractivity contribution in [2.45, 2.75) is 12.8 Å². The Morgan fingerprint density at radius 3 is 2.76 bits per heavy atom.